The van der Waals surface area contributed by atoms with E-state index in [-0.39, 0.29) is 24.0 Å². The van der Waals surface area contributed by atoms with E-state index in [1.807, 2.05) is 7.05 Å². The number of halogens is 1. The van der Waals surface area contributed by atoms with Crippen LogP contribution in [0.1, 0.15) is 40.5 Å². The molecule has 0 amide bonds. The fourth-order valence-corrected chi connectivity index (χ4v) is 3.70. The number of hydrogen-bond donors (Lipinski definition) is 2. The Morgan fingerprint density at radius 3 is 2.44 bits per heavy atom. The fraction of sp³-hybridized carbons (Fsp3) is 0.944. The van der Waals surface area contributed by atoms with Crippen LogP contribution in [0.2, 0.25) is 0 Å². The zero-order valence-electron chi connectivity index (χ0n) is 16.6. The van der Waals surface area contributed by atoms with E-state index in [9.17, 15) is 0 Å². The maximum Gasteiger partial charge on any atom is 0.191 e. The molecular formula is C18H38IN5O. The lowest BCUT2D eigenvalue weighted by Crippen LogP contribution is -2.54. The van der Waals surface area contributed by atoms with Crippen molar-refractivity contribution >= 4 is 29.9 Å². The van der Waals surface area contributed by atoms with Crippen LogP contribution in [0.5, 0.6) is 0 Å². The van der Waals surface area contributed by atoms with Crippen LogP contribution in [0.15, 0.2) is 4.99 Å². The van der Waals surface area contributed by atoms with Gasteiger partial charge >= 0.3 is 0 Å². The first kappa shape index (κ1) is 22.9. The summed E-state index contributed by atoms with van der Waals surface area (Å²) in [6, 6.07) is 2.15. The van der Waals surface area contributed by atoms with E-state index in [0.29, 0.717) is 24.2 Å². The highest BCUT2D eigenvalue weighted by molar-refractivity contribution is 14.0. The Labute approximate surface area is 171 Å². The highest BCUT2D eigenvalue weighted by atomic mass is 127. The molecule has 25 heavy (non-hydrogen) atoms. The lowest BCUT2D eigenvalue weighted by atomic mass is 10.0. The van der Waals surface area contributed by atoms with E-state index in [2.05, 4.69) is 53.1 Å². The number of nitrogens with zero attached hydrogens (tertiary/aromatic N) is 3. The number of hydrogen-bond acceptors (Lipinski definition) is 4. The van der Waals surface area contributed by atoms with Crippen molar-refractivity contribution in [2.24, 2.45) is 4.99 Å². The van der Waals surface area contributed by atoms with Crippen molar-refractivity contribution in [3.63, 3.8) is 0 Å². The number of piperidine rings is 1. The van der Waals surface area contributed by atoms with E-state index in [1.165, 1.54) is 25.9 Å². The first-order chi connectivity index (χ1) is 11.5. The molecule has 6 nitrogen and oxygen atoms in total. The molecule has 2 rings (SSSR count). The van der Waals surface area contributed by atoms with Crippen LogP contribution in [-0.2, 0) is 4.74 Å². The van der Waals surface area contributed by atoms with Gasteiger partial charge < -0.3 is 20.3 Å². The van der Waals surface area contributed by atoms with E-state index < -0.39 is 0 Å². The molecule has 148 valence electrons. The Balaban J connectivity index is 0.00000312. The highest BCUT2D eigenvalue weighted by Gasteiger charge is 2.24. The highest BCUT2D eigenvalue weighted by Crippen LogP contribution is 2.13. The summed E-state index contributed by atoms with van der Waals surface area (Å²) in [6.07, 6.45) is 2.38. The molecule has 0 aromatic rings. The van der Waals surface area contributed by atoms with Crippen molar-refractivity contribution in [3.05, 3.63) is 0 Å². The molecule has 0 radical (unpaired) electrons. The molecule has 0 saturated carbocycles. The van der Waals surface area contributed by atoms with Crippen LogP contribution in [0.3, 0.4) is 0 Å². The van der Waals surface area contributed by atoms with Crippen molar-refractivity contribution < 1.29 is 4.74 Å². The van der Waals surface area contributed by atoms with Gasteiger partial charge in [-0.3, -0.25) is 9.89 Å². The predicted molar refractivity (Wildman–Crippen MR) is 116 cm³/mol. The van der Waals surface area contributed by atoms with E-state index in [0.717, 1.165) is 32.3 Å². The van der Waals surface area contributed by atoms with Gasteiger partial charge in [0.05, 0.1) is 13.2 Å². The summed E-state index contributed by atoms with van der Waals surface area (Å²) in [7, 11) is 1.86. The Hall–Kier alpha value is -0.120. The van der Waals surface area contributed by atoms with Gasteiger partial charge in [-0.1, -0.05) is 0 Å². The molecule has 2 heterocycles. The first-order valence-corrected chi connectivity index (χ1v) is 9.56. The standard InChI is InChI=1S/C18H37N5O.HI/c1-14(2)22-8-6-17(7-9-22)21-18(19-5)20-12-15(3)23-10-11-24-13-16(23)4;/h14-17H,6-13H2,1-5H3,(H2,19,20,21);1H. The Kier molecular flexibility index (Phi) is 10.6. The lowest BCUT2D eigenvalue weighted by Gasteiger charge is -2.38. The molecule has 7 heteroatoms. The third-order valence-electron chi connectivity index (χ3n) is 5.37. The molecule has 0 bridgehead atoms. The van der Waals surface area contributed by atoms with Crippen molar-refractivity contribution in [3.8, 4) is 0 Å². The smallest absolute Gasteiger partial charge is 0.191 e. The number of likely N-dealkylation sites (tertiary alicyclic amines) is 1. The SMILES string of the molecule is CN=C(NCC(C)N1CCOCC1C)NC1CCN(C(C)C)CC1.I. The van der Waals surface area contributed by atoms with Crippen molar-refractivity contribution in [1.82, 2.24) is 20.4 Å². The van der Waals surface area contributed by atoms with E-state index >= 15 is 0 Å². The maximum atomic E-state index is 5.53. The Bertz CT molecular complexity index is 399. The van der Waals surface area contributed by atoms with Crippen LogP contribution in [0.25, 0.3) is 0 Å². The Morgan fingerprint density at radius 2 is 1.88 bits per heavy atom. The van der Waals surface area contributed by atoms with Crippen LogP contribution >= 0.6 is 24.0 Å². The van der Waals surface area contributed by atoms with Gasteiger partial charge in [-0.2, -0.15) is 0 Å². The molecule has 2 aliphatic rings. The molecule has 0 spiro atoms. The number of rotatable bonds is 5. The second-order valence-electron chi connectivity index (χ2n) is 7.51. The summed E-state index contributed by atoms with van der Waals surface area (Å²) in [6.45, 7) is 15.0. The summed E-state index contributed by atoms with van der Waals surface area (Å²) in [5, 5.41) is 7.11. The van der Waals surface area contributed by atoms with E-state index in [4.69, 9.17) is 4.74 Å². The number of nitrogens with one attached hydrogen (secondary N) is 2. The second kappa shape index (κ2) is 11.6. The average Bonchev–Trinajstić information content (AvgIpc) is 2.59. The minimum absolute atomic E-state index is 0. The summed E-state index contributed by atoms with van der Waals surface area (Å²) >= 11 is 0. The van der Waals surface area contributed by atoms with Gasteiger partial charge in [-0.15, -0.1) is 24.0 Å². The van der Waals surface area contributed by atoms with Gasteiger partial charge in [0.15, 0.2) is 5.96 Å². The number of ether oxygens (including phenoxy) is 1. The minimum Gasteiger partial charge on any atom is -0.379 e. The van der Waals surface area contributed by atoms with Gasteiger partial charge in [-0.25, -0.2) is 0 Å². The third kappa shape index (κ3) is 7.19. The lowest BCUT2D eigenvalue weighted by molar-refractivity contribution is -0.0174. The Morgan fingerprint density at radius 1 is 1.20 bits per heavy atom. The summed E-state index contributed by atoms with van der Waals surface area (Å²) in [5.74, 6) is 0.936. The number of aliphatic imine (C=N–C) groups is 1. The molecule has 2 aliphatic heterocycles. The van der Waals surface area contributed by atoms with Gasteiger partial charge in [0.25, 0.3) is 0 Å². The third-order valence-corrected chi connectivity index (χ3v) is 5.37. The predicted octanol–water partition coefficient (Wildman–Crippen LogP) is 1.75. The second-order valence-corrected chi connectivity index (χ2v) is 7.51. The topological polar surface area (TPSA) is 52.1 Å². The van der Waals surface area contributed by atoms with Gasteiger partial charge in [-0.05, 0) is 40.5 Å². The number of morpholine rings is 1. The largest absolute Gasteiger partial charge is 0.379 e. The molecular weight excluding hydrogens is 429 g/mol. The molecule has 2 unspecified atom stereocenters. The zero-order chi connectivity index (χ0) is 17.5. The molecule has 2 atom stereocenters. The van der Waals surface area contributed by atoms with Crippen LogP contribution in [-0.4, -0.2) is 86.4 Å². The van der Waals surface area contributed by atoms with Crippen molar-refractivity contribution in [2.75, 3.05) is 46.4 Å². The molecule has 0 aliphatic carbocycles. The van der Waals surface area contributed by atoms with Crippen molar-refractivity contribution in [2.45, 2.75) is 64.7 Å². The van der Waals surface area contributed by atoms with Gasteiger partial charge in [0, 0.05) is 57.4 Å². The van der Waals surface area contributed by atoms with E-state index in [1.54, 1.807) is 0 Å². The summed E-state index contributed by atoms with van der Waals surface area (Å²) in [5.41, 5.74) is 0. The molecule has 2 fully saturated rings. The summed E-state index contributed by atoms with van der Waals surface area (Å²) < 4.78 is 5.53. The molecule has 0 aromatic carbocycles. The molecule has 2 saturated heterocycles. The molecule has 0 aromatic heterocycles. The monoisotopic (exact) mass is 467 g/mol. The van der Waals surface area contributed by atoms with Gasteiger partial charge in [0.2, 0.25) is 0 Å². The average molecular weight is 467 g/mol. The van der Waals surface area contributed by atoms with Gasteiger partial charge in [0.1, 0.15) is 0 Å². The fourth-order valence-electron chi connectivity index (χ4n) is 3.70. The maximum absolute atomic E-state index is 5.53. The van der Waals surface area contributed by atoms with Crippen molar-refractivity contribution in [1.29, 1.82) is 0 Å². The van der Waals surface area contributed by atoms with Crippen LogP contribution in [0, 0.1) is 0 Å². The summed E-state index contributed by atoms with van der Waals surface area (Å²) in [4.78, 5) is 9.48. The quantitative estimate of drug-likeness (QED) is 0.367. The number of guanidine groups is 1. The van der Waals surface area contributed by atoms with Crippen LogP contribution < -0.4 is 10.6 Å². The first-order valence-electron chi connectivity index (χ1n) is 9.56. The zero-order valence-corrected chi connectivity index (χ0v) is 19.0. The van der Waals surface area contributed by atoms with Crippen LogP contribution in [0.4, 0.5) is 0 Å². The molecule has 2 N–H and O–H groups in total. The normalized spacial score (nSPS) is 25.5. The minimum atomic E-state index is 0.